The fourth-order valence-corrected chi connectivity index (χ4v) is 3.43. The normalized spacial score (nSPS) is 17.9. The molecule has 1 aliphatic rings. The summed E-state index contributed by atoms with van der Waals surface area (Å²) in [6, 6.07) is 10.5. The molecule has 4 nitrogen and oxygen atoms in total. The molecule has 5 heteroatoms. The van der Waals surface area contributed by atoms with Gasteiger partial charge in [0.05, 0.1) is 18.3 Å². The quantitative estimate of drug-likeness (QED) is 0.734. The minimum absolute atomic E-state index is 0.314. The van der Waals surface area contributed by atoms with Gasteiger partial charge in [0.1, 0.15) is 5.01 Å². The van der Waals surface area contributed by atoms with Crippen LogP contribution in [-0.4, -0.2) is 27.5 Å². The standard InChI is InChI=1S/C17H17N3OS/c1-3-13(11-14(4-1)17-18-7-10-22-17)16-6-8-20(19-16)12-15-5-2-9-21-15/h1,3-4,6-8,10-11,15H,2,5,9,12H2. The maximum absolute atomic E-state index is 5.67. The number of nitrogens with zero attached hydrogens (tertiary/aromatic N) is 3. The Hall–Kier alpha value is -1.98. The summed E-state index contributed by atoms with van der Waals surface area (Å²) < 4.78 is 7.66. The molecule has 3 aromatic rings. The highest BCUT2D eigenvalue weighted by Gasteiger charge is 2.16. The molecule has 112 valence electrons. The van der Waals surface area contributed by atoms with Crippen molar-refractivity contribution >= 4 is 11.3 Å². The molecule has 3 heterocycles. The second-order valence-electron chi connectivity index (χ2n) is 5.48. The molecule has 0 spiro atoms. The van der Waals surface area contributed by atoms with E-state index in [0.717, 1.165) is 47.8 Å². The lowest BCUT2D eigenvalue weighted by Crippen LogP contribution is -2.15. The first kappa shape index (κ1) is 13.7. The van der Waals surface area contributed by atoms with Crippen LogP contribution in [0, 0.1) is 0 Å². The maximum atomic E-state index is 5.67. The molecule has 0 N–H and O–H groups in total. The molecule has 0 aliphatic carbocycles. The van der Waals surface area contributed by atoms with Crippen LogP contribution in [0.2, 0.25) is 0 Å². The van der Waals surface area contributed by atoms with Gasteiger partial charge in [0, 0.05) is 35.5 Å². The van der Waals surface area contributed by atoms with Crippen LogP contribution in [0.4, 0.5) is 0 Å². The Kier molecular flexibility index (Phi) is 3.74. The second kappa shape index (κ2) is 6.02. The SMILES string of the molecule is c1cc(-c2ccn(CC3CCCO3)n2)cc(-c2nccs2)c1. The van der Waals surface area contributed by atoms with Gasteiger partial charge in [-0.05, 0) is 25.0 Å². The van der Waals surface area contributed by atoms with E-state index in [1.807, 2.05) is 22.5 Å². The predicted octanol–water partition coefficient (Wildman–Crippen LogP) is 3.85. The minimum Gasteiger partial charge on any atom is -0.376 e. The minimum atomic E-state index is 0.314. The summed E-state index contributed by atoms with van der Waals surface area (Å²) in [5, 5.41) is 7.73. The molecule has 0 saturated carbocycles. The Labute approximate surface area is 133 Å². The molecule has 1 aliphatic heterocycles. The molecule has 22 heavy (non-hydrogen) atoms. The van der Waals surface area contributed by atoms with Crippen LogP contribution in [0.25, 0.3) is 21.8 Å². The van der Waals surface area contributed by atoms with E-state index in [1.54, 1.807) is 11.3 Å². The van der Waals surface area contributed by atoms with E-state index >= 15 is 0 Å². The van der Waals surface area contributed by atoms with Gasteiger partial charge in [-0.25, -0.2) is 4.98 Å². The van der Waals surface area contributed by atoms with E-state index < -0.39 is 0 Å². The van der Waals surface area contributed by atoms with Crippen LogP contribution in [0.3, 0.4) is 0 Å². The highest BCUT2D eigenvalue weighted by Crippen LogP contribution is 2.26. The largest absolute Gasteiger partial charge is 0.376 e. The molecule has 0 bridgehead atoms. The molecule has 1 atom stereocenters. The summed E-state index contributed by atoms with van der Waals surface area (Å²) in [7, 11) is 0. The predicted molar refractivity (Wildman–Crippen MR) is 87.7 cm³/mol. The molecular weight excluding hydrogens is 294 g/mol. The number of hydrogen-bond donors (Lipinski definition) is 0. The van der Waals surface area contributed by atoms with Gasteiger partial charge in [-0.2, -0.15) is 5.10 Å². The van der Waals surface area contributed by atoms with Crippen LogP contribution in [-0.2, 0) is 11.3 Å². The molecule has 1 saturated heterocycles. The van der Waals surface area contributed by atoms with Gasteiger partial charge in [-0.1, -0.05) is 18.2 Å². The number of rotatable bonds is 4. The van der Waals surface area contributed by atoms with Crippen LogP contribution < -0.4 is 0 Å². The zero-order valence-electron chi connectivity index (χ0n) is 12.2. The van der Waals surface area contributed by atoms with Gasteiger partial charge in [-0.3, -0.25) is 4.68 Å². The van der Waals surface area contributed by atoms with E-state index in [1.165, 1.54) is 0 Å². The third kappa shape index (κ3) is 2.82. The first-order valence-electron chi connectivity index (χ1n) is 7.54. The molecular formula is C17H17N3OS. The first-order valence-corrected chi connectivity index (χ1v) is 8.42. The van der Waals surface area contributed by atoms with E-state index in [-0.39, 0.29) is 0 Å². The van der Waals surface area contributed by atoms with Crippen molar-refractivity contribution in [3.8, 4) is 21.8 Å². The van der Waals surface area contributed by atoms with Crippen molar-refractivity contribution in [3.05, 3.63) is 48.1 Å². The van der Waals surface area contributed by atoms with Crippen molar-refractivity contribution in [2.75, 3.05) is 6.61 Å². The summed E-state index contributed by atoms with van der Waals surface area (Å²) in [6.45, 7) is 1.72. The fraction of sp³-hybridized carbons (Fsp3) is 0.294. The van der Waals surface area contributed by atoms with Crippen molar-refractivity contribution in [3.63, 3.8) is 0 Å². The van der Waals surface area contributed by atoms with Crippen molar-refractivity contribution in [2.45, 2.75) is 25.5 Å². The third-order valence-corrected chi connectivity index (χ3v) is 4.72. The third-order valence-electron chi connectivity index (χ3n) is 3.89. The molecule has 1 unspecified atom stereocenters. The van der Waals surface area contributed by atoms with Crippen molar-refractivity contribution in [1.82, 2.24) is 14.8 Å². The average molecular weight is 311 g/mol. The average Bonchev–Trinajstić information content (AvgIpc) is 3.31. The van der Waals surface area contributed by atoms with E-state index in [4.69, 9.17) is 4.74 Å². The van der Waals surface area contributed by atoms with Gasteiger partial charge >= 0.3 is 0 Å². The van der Waals surface area contributed by atoms with E-state index in [0.29, 0.717) is 6.10 Å². The zero-order valence-corrected chi connectivity index (χ0v) is 13.0. The summed E-state index contributed by atoms with van der Waals surface area (Å²) in [5.41, 5.74) is 3.26. The molecule has 1 aromatic carbocycles. The Morgan fingerprint density at radius 3 is 3.05 bits per heavy atom. The Morgan fingerprint density at radius 2 is 2.23 bits per heavy atom. The number of ether oxygens (including phenoxy) is 1. The van der Waals surface area contributed by atoms with Crippen LogP contribution in [0.15, 0.2) is 48.1 Å². The summed E-state index contributed by atoms with van der Waals surface area (Å²) in [4.78, 5) is 4.37. The van der Waals surface area contributed by atoms with Gasteiger partial charge in [0.15, 0.2) is 0 Å². The Bertz CT molecular complexity index is 745. The van der Waals surface area contributed by atoms with Crippen LogP contribution >= 0.6 is 11.3 Å². The van der Waals surface area contributed by atoms with Gasteiger partial charge in [0.2, 0.25) is 0 Å². The number of thiazole rings is 1. The van der Waals surface area contributed by atoms with Crippen molar-refractivity contribution in [1.29, 1.82) is 0 Å². The second-order valence-corrected chi connectivity index (χ2v) is 6.37. The highest BCUT2D eigenvalue weighted by molar-refractivity contribution is 7.13. The molecule has 0 amide bonds. The molecule has 4 rings (SSSR count). The smallest absolute Gasteiger partial charge is 0.123 e. The van der Waals surface area contributed by atoms with Gasteiger partial charge in [-0.15, -0.1) is 11.3 Å². The van der Waals surface area contributed by atoms with Crippen molar-refractivity contribution < 1.29 is 4.74 Å². The number of benzene rings is 1. The lowest BCUT2D eigenvalue weighted by atomic mass is 10.1. The topological polar surface area (TPSA) is 39.9 Å². The Balaban J connectivity index is 1.57. The number of aromatic nitrogens is 3. The summed E-state index contributed by atoms with van der Waals surface area (Å²) in [6.07, 6.45) is 6.48. The fourth-order valence-electron chi connectivity index (χ4n) is 2.79. The van der Waals surface area contributed by atoms with Crippen LogP contribution in [0.5, 0.6) is 0 Å². The van der Waals surface area contributed by atoms with E-state index in [2.05, 4.69) is 40.4 Å². The monoisotopic (exact) mass is 311 g/mol. The van der Waals surface area contributed by atoms with Crippen molar-refractivity contribution in [2.24, 2.45) is 0 Å². The van der Waals surface area contributed by atoms with Gasteiger partial charge < -0.3 is 4.74 Å². The van der Waals surface area contributed by atoms with Gasteiger partial charge in [0.25, 0.3) is 0 Å². The number of hydrogen-bond acceptors (Lipinski definition) is 4. The summed E-state index contributed by atoms with van der Waals surface area (Å²) in [5.74, 6) is 0. The lowest BCUT2D eigenvalue weighted by molar-refractivity contribution is 0.0940. The molecule has 1 fully saturated rings. The van der Waals surface area contributed by atoms with E-state index in [9.17, 15) is 0 Å². The lowest BCUT2D eigenvalue weighted by Gasteiger charge is -2.08. The molecule has 0 radical (unpaired) electrons. The Morgan fingerprint density at radius 1 is 1.27 bits per heavy atom. The maximum Gasteiger partial charge on any atom is 0.123 e. The van der Waals surface area contributed by atoms with Crippen LogP contribution in [0.1, 0.15) is 12.8 Å². The first-order chi connectivity index (χ1) is 10.9. The zero-order chi connectivity index (χ0) is 14.8. The summed E-state index contributed by atoms with van der Waals surface area (Å²) >= 11 is 1.65. The molecule has 2 aromatic heterocycles. The highest BCUT2D eigenvalue weighted by atomic mass is 32.1.